The standard InChI is InChI=1S/C21H22ClN3O4S/c1-13-4-7-17(8-5-13)28-10-11-29-19-9-6-16(22)12-18(19)20-25(15(3)27)24-21(30-20)23-14(2)26/h4-9,12,20H,10-11H2,1-3H3,(H,23,24,26). The van der Waals surface area contributed by atoms with Gasteiger partial charge in [0.1, 0.15) is 30.1 Å². The molecule has 1 heterocycles. The number of hydrazone groups is 1. The molecule has 0 saturated carbocycles. The van der Waals surface area contributed by atoms with Crippen LogP contribution in [-0.2, 0) is 9.59 Å². The molecule has 2 aromatic rings. The quantitative estimate of drug-likeness (QED) is 0.674. The van der Waals surface area contributed by atoms with Crippen molar-refractivity contribution in [3.05, 3.63) is 58.6 Å². The molecule has 0 radical (unpaired) electrons. The van der Waals surface area contributed by atoms with Crippen molar-refractivity contribution < 1.29 is 19.1 Å². The second-order valence-electron chi connectivity index (χ2n) is 6.61. The van der Waals surface area contributed by atoms with Crippen LogP contribution in [0.15, 0.2) is 47.6 Å². The lowest BCUT2D eigenvalue weighted by atomic mass is 10.2. The van der Waals surface area contributed by atoms with Crippen molar-refractivity contribution in [1.82, 2.24) is 10.3 Å². The first-order chi connectivity index (χ1) is 14.3. The molecule has 9 heteroatoms. The zero-order valence-corrected chi connectivity index (χ0v) is 18.4. The largest absolute Gasteiger partial charge is 0.490 e. The Morgan fingerprint density at radius 3 is 2.50 bits per heavy atom. The van der Waals surface area contributed by atoms with Crippen molar-refractivity contribution >= 4 is 40.3 Å². The summed E-state index contributed by atoms with van der Waals surface area (Å²) in [5, 5.41) is 8.48. The minimum atomic E-state index is -0.504. The number of amidine groups is 1. The number of nitrogens with one attached hydrogen (secondary N) is 1. The Labute approximate surface area is 184 Å². The average Bonchev–Trinajstić information content (AvgIpc) is 3.10. The van der Waals surface area contributed by atoms with Gasteiger partial charge in [0.25, 0.3) is 0 Å². The Kier molecular flexibility index (Phi) is 7.23. The number of amides is 2. The number of rotatable bonds is 6. The molecule has 1 atom stereocenters. The summed E-state index contributed by atoms with van der Waals surface area (Å²) < 4.78 is 11.6. The smallest absolute Gasteiger partial charge is 0.241 e. The van der Waals surface area contributed by atoms with Gasteiger partial charge in [0.05, 0.1) is 0 Å². The maximum absolute atomic E-state index is 12.1. The average molecular weight is 448 g/mol. The van der Waals surface area contributed by atoms with Crippen molar-refractivity contribution in [2.45, 2.75) is 26.1 Å². The lowest BCUT2D eigenvalue weighted by Gasteiger charge is -2.22. The van der Waals surface area contributed by atoms with Crippen LogP contribution in [0.4, 0.5) is 0 Å². The van der Waals surface area contributed by atoms with Crippen molar-refractivity contribution in [2.24, 2.45) is 5.10 Å². The van der Waals surface area contributed by atoms with Gasteiger partial charge in [0, 0.05) is 24.4 Å². The van der Waals surface area contributed by atoms with Crippen molar-refractivity contribution in [3.63, 3.8) is 0 Å². The summed E-state index contributed by atoms with van der Waals surface area (Å²) in [6.07, 6.45) is 0. The number of hydrogen-bond donors (Lipinski definition) is 1. The maximum Gasteiger partial charge on any atom is 0.241 e. The van der Waals surface area contributed by atoms with Crippen LogP contribution in [0.25, 0.3) is 0 Å². The zero-order chi connectivity index (χ0) is 21.7. The van der Waals surface area contributed by atoms with Gasteiger partial charge >= 0.3 is 0 Å². The number of thioether (sulfide) groups is 1. The first kappa shape index (κ1) is 22.0. The van der Waals surface area contributed by atoms with E-state index >= 15 is 0 Å². The van der Waals surface area contributed by atoms with Gasteiger partial charge in [-0.15, -0.1) is 5.10 Å². The highest BCUT2D eigenvalue weighted by molar-refractivity contribution is 8.14. The molecule has 1 unspecified atom stereocenters. The first-order valence-electron chi connectivity index (χ1n) is 9.28. The minimum Gasteiger partial charge on any atom is -0.490 e. The molecule has 1 aliphatic heterocycles. The van der Waals surface area contributed by atoms with E-state index in [4.69, 9.17) is 21.1 Å². The molecule has 0 fully saturated rings. The number of carbonyl (C=O) groups is 2. The summed E-state index contributed by atoms with van der Waals surface area (Å²) in [7, 11) is 0. The van der Waals surface area contributed by atoms with Crippen molar-refractivity contribution in [1.29, 1.82) is 0 Å². The molecule has 2 amide bonds. The summed E-state index contributed by atoms with van der Waals surface area (Å²) >= 11 is 7.44. The van der Waals surface area contributed by atoms with E-state index in [0.29, 0.717) is 34.7 Å². The molecule has 0 bridgehead atoms. The Hall–Kier alpha value is -2.71. The predicted octanol–water partition coefficient (Wildman–Crippen LogP) is 4.11. The first-order valence-corrected chi connectivity index (χ1v) is 10.5. The molecule has 1 aliphatic rings. The van der Waals surface area contributed by atoms with Gasteiger partial charge in [0.15, 0.2) is 5.17 Å². The van der Waals surface area contributed by atoms with E-state index in [9.17, 15) is 9.59 Å². The summed E-state index contributed by atoms with van der Waals surface area (Å²) in [6, 6.07) is 13.0. The van der Waals surface area contributed by atoms with Crippen LogP contribution in [-0.4, -0.2) is 35.2 Å². The Balaban J connectivity index is 1.70. The van der Waals surface area contributed by atoms with Gasteiger partial charge in [0.2, 0.25) is 11.8 Å². The van der Waals surface area contributed by atoms with Gasteiger partial charge < -0.3 is 14.8 Å². The van der Waals surface area contributed by atoms with E-state index in [1.165, 1.54) is 30.6 Å². The van der Waals surface area contributed by atoms with E-state index in [1.807, 2.05) is 31.2 Å². The SMILES string of the molecule is CC(=O)NC1=NN(C(C)=O)C(c2cc(Cl)ccc2OCCOc2ccc(C)cc2)S1. The van der Waals surface area contributed by atoms with Crippen LogP contribution in [0.3, 0.4) is 0 Å². The summed E-state index contributed by atoms with van der Waals surface area (Å²) in [6.45, 7) is 5.47. The van der Waals surface area contributed by atoms with Crippen molar-refractivity contribution in [2.75, 3.05) is 13.2 Å². The fourth-order valence-electron chi connectivity index (χ4n) is 2.75. The third-order valence-electron chi connectivity index (χ3n) is 4.12. The van der Waals surface area contributed by atoms with E-state index in [1.54, 1.807) is 18.2 Å². The summed E-state index contributed by atoms with van der Waals surface area (Å²) in [4.78, 5) is 23.5. The van der Waals surface area contributed by atoms with Crippen LogP contribution in [0, 0.1) is 6.92 Å². The summed E-state index contributed by atoms with van der Waals surface area (Å²) in [5.41, 5.74) is 1.84. The van der Waals surface area contributed by atoms with Gasteiger partial charge in [-0.25, -0.2) is 5.01 Å². The van der Waals surface area contributed by atoms with Gasteiger partial charge in [-0.3, -0.25) is 9.59 Å². The Morgan fingerprint density at radius 2 is 1.83 bits per heavy atom. The number of carbonyl (C=O) groups excluding carboxylic acids is 2. The van der Waals surface area contributed by atoms with E-state index in [-0.39, 0.29) is 11.8 Å². The highest BCUT2D eigenvalue weighted by Gasteiger charge is 2.34. The fraction of sp³-hybridized carbons (Fsp3) is 0.286. The monoisotopic (exact) mass is 447 g/mol. The normalized spacial score (nSPS) is 15.5. The Bertz CT molecular complexity index is 965. The number of ether oxygens (including phenoxy) is 2. The van der Waals surface area contributed by atoms with E-state index in [2.05, 4.69) is 10.4 Å². The van der Waals surface area contributed by atoms with Gasteiger partial charge in [-0.2, -0.15) is 0 Å². The molecule has 3 rings (SSSR count). The number of aryl methyl sites for hydroxylation is 1. The molecule has 1 N–H and O–H groups in total. The molecule has 158 valence electrons. The molecule has 0 aliphatic carbocycles. The van der Waals surface area contributed by atoms with Gasteiger partial charge in [-0.05, 0) is 37.3 Å². The molecule has 0 aromatic heterocycles. The van der Waals surface area contributed by atoms with Crippen molar-refractivity contribution in [3.8, 4) is 11.5 Å². The van der Waals surface area contributed by atoms with Crippen LogP contribution in [0.2, 0.25) is 5.02 Å². The lowest BCUT2D eigenvalue weighted by Crippen LogP contribution is -2.25. The second-order valence-corrected chi connectivity index (χ2v) is 8.12. The lowest BCUT2D eigenvalue weighted by molar-refractivity contribution is -0.129. The van der Waals surface area contributed by atoms with Gasteiger partial charge in [-0.1, -0.05) is 41.1 Å². The molecular formula is C21H22ClN3O4S. The van der Waals surface area contributed by atoms with E-state index in [0.717, 1.165) is 11.3 Å². The fourth-order valence-corrected chi connectivity index (χ4v) is 4.09. The highest BCUT2D eigenvalue weighted by Crippen LogP contribution is 2.43. The van der Waals surface area contributed by atoms with Crippen LogP contribution in [0.1, 0.15) is 30.3 Å². The second kappa shape index (κ2) is 9.86. The molecule has 7 nitrogen and oxygen atoms in total. The molecule has 2 aromatic carbocycles. The van der Waals surface area contributed by atoms with Crippen LogP contribution in [0.5, 0.6) is 11.5 Å². The Morgan fingerprint density at radius 1 is 1.13 bits per heavy atom. The number of hydrogen-bond acceptors (Lipinski definition) is 6. The molecule has 30 heavy (non-hydrogen) atoms. The van der Waals surface area contributed by atoms with Crippen LogP contribution < -0.4 is 14.8 Å². The number of halogens is 1. The number of nitrogens with zero attached hydrogens (tertiary/aromatic N) is 2. The predicted molar refractivity (Wildman–Crippen MR) is 118 cm³/mol. The maximum atomic E-state index is 12.1. The third-order valence-corrected chi connectivity index (χ3v) is 5.44. The van der Waals surface area contributed by atoms with E-state index < -0.39 is 5.37 Å². The topological polar surface area (TPSA) is 80.2 Å². The molecule has 0 saturated heterocycles. The third kappa shape index (κ3) is 5.67. The molecule has 0 spiro atoms. The number of benzene rings is 2. The van der Waals surface area contributed by atoms with Crippen LogP contribution >= 0.6 is 23.4 Å². The highest BCUT2D eigenvalue weighted by atomic mass is 35.5. The molecular weight excluding hydrogens is 426 g/mol. The zero-order valence-electron chi connectivity index (χ0n) is 16.8. The summed E-state index contributed by atoms with van der Waals surface area (Å²) in [5.74, 6) is 0.806. The minimum absolute atomic E-state index is 0.263.